The lowest BCUT2D eigenvalue weighted by Crippen LogP contribution is -2.30. The summed E-state index contributed by atoms with van der Waals surface area (Å²) in [6, 6.07) is 23.5. The average Bonchev–Trinajstić information content (AvgIpc) is 3.10. The Morgan fingerprint density at radius 3 is 2.39 bits per heavy atom. The van der Waals surface area contributed by atoms with Gasteiger partial charge in [-0.15, -0.1) is 0 Å². The molecule has 2 heterocycles. The summed E-state index contributed by atoms with van der Waals surface area (Å²) in [6.45, 7) is 2.09. The summed E-state index contributed by atoms with van der Waals surface area (Å²) in [7, 11) is 2.02. The molecule has 0 amide bonds. The number of pyridine rings is 1. The van der Waals surface area contributed by atoms with Crippen LogP contribution in [0.3, 0.4) is 0 Å². The van der Waals surface area contributed by atoms with Crippen LogP contribution in [0, 0.1) is 12.7 Å². The number of aromatic nitrogens is 1. The highest BCUT2D eigenvalue weighted by Gasteiger charge is 2.23. The van der Waals surface area contributed by atoms with E-state index in [1.54, 1.807) is 0 Å². The number of benzene rings is 3. The third-order valence-electron chi connectivity index (χ3n) is 5.34. The number of hydrogen-bond donors (Lipinski definition) is 0. The van der Waals surface area contributed by atoms with Gasteiger partial charge in [-0.25, -0.2) is 8.96 Å². The molecule has 28 heavy (non-hydrogen) atoms. The van der Waals surface area contributed by atoms with Gasteiger partial charge in [0.2, 0.25) is 5.69 Å². The van der Waals surface area contributed by atoms with Crippen LogP contribution in [0.15, 0.2) is 83.4 Å². The molecule has 0 aliphatic heterocycles. The van der Waals surface area contributed by atoms with E-state index >= 15 is 0 Å². The highest BCUT2D eigenvalue weighted by molar-refractivity contribution is 6.18. The summed E-state index contributed by atoms with van der Waals surface area (Å²) in [5, 5.41) is 1.78. The topological polar surface area (TPSA) is 17.0 Å². The molecule has 3 aromatic carbocycles. The highest BCUT2D eigenvalue weighted by Crippen LogP contribution is 2.42. The van der Waals surface area contributed by atoms with Crippen molar-refractivity contribution in [3.8, 4) is 22.4 Å². The number of rotatable bonds is 2. The highest BCUT2D eigenvalue weighted by atomic mass is 19.1. The minimum atomic E-state index is -0.341. The monoisotopic (exact) mass is 368 g/mol. The van der Waals surface area contributed by atoms with Gasteiger partial charge in [0.05, 0.1) is 5.56 Å². The average molecular weight is 368 g/mol. The van der Waals surface area contributed by atoms with Crippen molar-refractivity contribution in [1.82, 2.24) is 0 Å². The standard InChI is InChI=1S/C25H19FNO/c1-16-11-14-21-24(22(16)20-10-6-7-15-27(20)2)23-18(17-8-4-3-5-9-17)12-13-19(26)25(23)28-21/h3-15H,1-2H3/q+1. The van der Waals surface area contributed by atoms with Crippen LogP contribution in [0.4, 0.5) is 4.39 Å². The molecule has 3 heteroatoms. The fraction of sp³-hybridized carbons (Fsp3) is 0.0800. The van der Waals surface area contributed by atoms with E-state index in [0.29, 0.717) is 11.2 Å². The van der Waals surface area contributed by atoms with Crippen LogP contribution in [0.5, 0.6) is 0 Å². The van der Waals surface area contributed by atoms with Crippen molar-refractivity contribution in [2.45, 2.75) is 6.92 Å². The zero-order valence-electron chi connectivity index (χ0n) is 15.7. The second kappa shape index (κ2) is 6.31. The Morgan fingerprint density at radius 1 is 0.821 bits per heavy atom. The van der Waals surface area contributed by atoms with Crippen LogP contribution in [-0.2, 0) is 7.05 Å². The number of halogens is 1. The number of fused-ring (bicyclic) bond motifs is 3. The predicted molar refractivity (Wildman–Crippen MR) is 110 cm³/mol. The van der Waals surface area contributed by atoms with E-state index in [4.69, 9.17) is 4.42 Å². The molecule has 0 atom stereocenters. The second-order valence-corrected chi connectivity index (χ2v) is 7.09. The Hall–Kier alpha value is -3.46. The third kappa shape index (κ3) is 2.43. The molecule has 136 valence electrons. The Balaban J connectivity index is 2.00. The molecular formula is C25H19FNO+. The first-order valence-corrected chi connectivity index (χ1v) is 9.30. The number of aryl methyl sites for hydroxylation is 2. The smallest absolute Gasteiger partial charge is 0.213 e. The number of nitrogens with zero attached hydrogens (tertiary/aromatic N) is 1. The third-order valence-corrected chi connectivity index (χ3v) is 5.34. The van der Waals surface area contributed by atoms with Crippen LogP contribution in [-0.4, -0.2) is 0 Å². The van der Waals surface area contributed by atoms with Crippen molar-refractivity contribution in [2.75, 3.05) is 0 Å². The van der Waals surface area contributed by atoms with E-state index in [0.717, 1.165) is 38.7 Å². The minimum absolute atomic E-state index is 0.307. The summed E-state index contributed by atoms with van der Waals surface area (Å²) >= 11 is 0. The normalized spacial score (nSPS) is 11.4. The van der Waals surface area contributed by atoms with E-state index in [1.165, 1.54) is 6.07 Å². The Morgan fingerprint density at radius 2 is 1.61 bits per heavy atom. The summed E-state index contributed by atoms with van der Waals surface area (Å²) in [4.78, 5) is 0. The molecule has 0 unspecified atom stereocenters. The van der Waals surface area contributed by atoms with E-state index in [2.05, 4.69) is 17.6 Å². The van der Waals surface area contributed by atoms with E-state index in [9.17, 15) is 4.39 Å². The van der Waals surface area contributed by atoms with Crippen LogP contribution < -0.4 is 4.57 Å². The van der Waals surface area contributed by atoms with Gasteiger partial charge in [0.25, 0.3) is 0 Å². The molecule has 0 bridgehead atoms. The number of furan rings is 1. The van der Waals surface area contributed by atoms with Crippen molar-refractivity contribution >= 4 is 21.9 Å². The van der Waals surface area contributed by atoms with Gasteiger partial charge in [0, 0.05) is 22.9 Å². The summed E-state index contributed by atoms with van der Waals surface area (Å²) in [5.41, 5.74) is 6.28. The molecule has 0 radical (unpaired) electrons. The summed E-state index contributed by atoms with van der Waals surface area (Å²) in [5.74, 6) is -0.341. The van der Waals surface area contributed by atoms with E-state index in [1.807, 2.05) is 73.9 Å². The Kier molecular flexibility index (Phi) is 3.76. The summed E-state index contributed by atoms with van der Waals surface area (Å²) < 4.78 is 22.8. The number of hydrogen-bond acceptors (Lipinski definition) is 1. The molecule has 0 saturated carbocycles. The fourth-order valence-corrected chi connectivity index (χ4v) is 4.01. The largest absolute Gasteiger partial charge is 0.453 e. The van der Waals surface area contributed by atoms with E-state index < -0.39 is 0 Å². The van der Waals surface area contributed by atoms with Crippen molar-refractivity contribution in [3.05, 3.63) is 90.4 Å². The summed E-state index contributed by atoms with van der Waals surface area (Å²) in [6.07, 6.45) is 2.02. The first-order valence-electron chi connectivity index (χ1n) is 9.30. The Bertz CT molecular complexity index is 1340. The van der Waals surface area contributed by atoms with Crippen molar-refractivity contribution in [2.24, 2.45) is 7.05 Å². The van der Waals surface area contributed by atoms with Crippen molar-refractivity contribution < 1.29 is 13.4 Å². The maximum atomic E-state index is 14.7. The van der Waals surface area contributed by atoms with Crippen LogP contribution in [0.2, 0.25) is 0 Å². The van der Waals surface area contributed by atoms with E-state index in [-0.39, 0.29) is 5.82 Å². The lowest BCUT2D eigenvalue weighted by molar-refractivity contribution is -0.660. The zero-order chi connectivity index (χ0) is 19.3. The quantitative estimate of drug-likeness (QED) is 0.339. The molecule has 5 aromatic rings. The lowest BCUT2D eigenvalue weighted by atomic mass is 9.93. The zero-order valence-corrected chi connectivity index (χ0v) is 15.7. The SMILES string of the molecule is Cc1ccc2oc3c(F)ccc(-c4ccccc4)c3c2c1-c1cccc[n+]1C. The molecular weight excluding hydrogens is 349 g/mol. The van der Waals surface area contributed by atoms with Gasteiger partial charge >= 0.3 is 0 Å². The maximum Gasteiger partial charge on any atom is 0.213 e. The maximum absolute atomic E-state index is 14.7. The molecule has 5 rings (SSSR count). The minimum Gasteiger partial charge on any atom is -0.453 e. The van der Waals surface area contributed by atoms with Crippen LogP contribution >= 0.6 is 0 Å². The predicted octanol–water partition coefficient (Wildman–Crippen LogP) is 6.19. The molecule has 0 spiro atoms. The first-order chi connectivity index (χ1) is 13.6. The second-order valence-electron chi connectivity index (χ2n) is 7.09. The van der Waals surface area contributed by atoms with Gasteiger partial charge in [-0.1, -0.05) is 42.5 Å². The molecule has 0 fully saturated rings. The fourth-order valence-electron chi connectivity index (χ4n) is 4.01. The Labute approximate surface area is 162 Å². The van der Waals surface area contributed by atoms with Crippen LogP contribution in [0.25, 0.3) is 44.3 Å². The van der Waals surface area contributed by atoms with Gasteiger partial charge in [-0.3, -0.25) is 0 Å². The van der Waals surface area contributed by atoms with Gasteiger partial charge in [-0.05, 0) is 41.8 Å². The first kappa shape index (κ1) is 16.7. The molecule has 2 nitrogen and oxygen atoms in total. The van der Waals surface area contributed by atoms with Gasteiger partial charge in [0.1, 0.15) is 12.6 Å². The van der Waals surface area contributed by atoms with Crippen LogP contribution in [0.1, 0.15) is 5.56 Å². The molecule has 0 aliphatic carbocycles. The van der Waals surface area contributed by atoms with Crippen molar-refractivity contribution in [1.29, 1.82) is 0 Å². The molecule has 0 saturated heterocycles. The molecule has 0 N–H and O–H groups in total. The molecule has 2 aromatic heterocycles. The molecule has 0 aliphatic rings. The van der Waals surface area contributed by atoms with Gasteiger partial charge in [0.15, 0.2) is 17.6 Å². The van der Waals surface area contributed by atoms with Gasteiger partial charge < -0.3 is 4.42 Å². The lowest BCUT2D eigenvalue weighted by Gasteiger charge is -2.08. The van der Waals surface area contributed by atoms with Gasteiger partial charge in [-0.2, -0.15) is 0 Å². The van der Waals surface area contributed by atoms with Crippen molar-refractivity contribution in [3.63, 3.8) is 0 Å².